The average Bonchev–Trinajstić information content (AvgIpc) is 3.23. The Hall–Kier alpha value is -3.59. The maximum Gasteiger partial charge on any atom is 0.274 e. The molecule has 9 nitrogen and oxygen atoms in total. The first-order valence-corrected chi connectivity index (χ1v) is 8.77. The molecule has 10 heteroatoms. The van der Waals surface area contributed by atoms with Gasteiger partial charge in [-0.15, -0.1) is 4.80 Å². The molecule has 3 aromatic heterocycles. The second-order valence-electron chi connectivity index (χ2n) is 6.01. The predicted octanol–water partition coefficient (Wildman–Crippen LogP) is 2.33. The van der Waals surface area contributed by atoms with Crippen LogP contribution < -0.4 is 11.1 Å². The summed E-state index contributed by atoms with van der Waals surface area (Å²) < 4.78 is 0. The zero-order chi connectivity index (χ0) is 19.7. The first-order valence-electron chi connectivity index (χ1n) is 8.39. The number of halogens is 1. The van der Waals surface area contributed by atoms with E-state index < -0.39 is 5.91 Å². The number of amides is 1. The second-order valence-corrected chi connectivity index (χ2v) is 6.37. The van der Waals surface area contributed by atoms with Crippen LogP contribution in [0.5, 0.6) is 0 Å². The molecule has 0 bridgehead atoms. The van der Waals surface area contributed by atoms with Crippen molar-refractivity contribution >= 4 is 34.2 Å². The van der Waals surface area contributed by atoms with E-state index in [9.17, 15) is 4.79 Å². The molecule has 1 unspecified atom stereocenters. The van der Waals surface area contributed by atoms with Gasteiger partial charge in [-0.1, -0.05) is 35.9 Å². The Morgan fingerprint density at radius 2 is 1.86 bits per heavy atom. The van der Waals surface area contributed by atoms with Gasteiger partial charge in [0, 0.05) is 5.39 Å². The van der Waals surface area contributed by atoms with E-state index in [1.54, 1.807) is 0 Å². The molecule has 0 fully saturated rings. The minimum Gasteiger partial charge on any atom is -0.382 e. The number of nitrogen functional groups attached to an aromatic ring is 1. The molecule has 140 valence electrons. The number of anilines is 1. The number of para-hydroxylation sites is 1. The van der Waals surface area contributed by atoms with Gasteiger partial charge >= 0.3 is 0 Å². The third-order valence-corrected chi connectivity index (χ3v) is 4.35. The number of nitrogens with one attached hydrogen (secondary N) is 1. The SMILES string of the molecule is CC(NC(=O)c1nc(Cl)c(-n2nccn2)nc1N)c1ccc2ccccc2n1. The van der Waals surface area contributed by atoms with E-state index in [0.717, 1.165) is 10.9 Å². The van der Waals surface area contributed by atoms with Crippen molar-refractivity contribution in [3.05, 3.63) is 65.3 Å². The van der Waals surface area contributed by atoms with Gasteiger partial charge in [0.05, 0.1) is 29.6 Å². The van der Waals surface area contributed by atoms with Crippen LogP contribution in [0.15, 0.2) is 48.8 Å². The van der Waals surface area contributed by atoms with Crippen LogP contribution in [-0.4, -0.2) is 35.9 Å². The van der Waals surface area contributed by atoms with Gasteiger partial charge in [0.2, 0.25) is 5.82 Å². The van der Waals surface area contributed by atoms with Crippen LogP contribution in [0.4, 0.5) is 5.82 Å². The monoisotopic (exact) mass is 394 g/mol. The van der Waals surface area contributed by atoms with E-state index in [2.05, 4.69) is 30.5 Å². The Labute approximate surface area is 164 Å². The van der Waals surface area contributed by atoms with Crippen molar-refractivity contribution in [3.8, 4) is 5.82 Å². The lowest BCUT2D eigenvalue weighted by molar-refractivity contribution is 0.0935. The van der Waals surface area contributed by atoms with Crippen molar-refractivity contribution < 1.29 is 4.79 Å². The molecule has 4 rings (SSSR count). The maximum absolute atomic E-state index is 12.6. The fourth-order valence-electron chi connectivity index (χ4n) is 2.70. The van der Waals surface area contributed by atoms with Crippen LogP contribution in [0.1, 0.15) is 29.1 Å². The number of nitrogens with two attached hydrogens (primary N) is 1. The summed E-state index contributed by atoms with van der Waals surface area (Å²) in [6, 6.07) is 11.2. The Kier molecular flexibility index (Phi) is 4.58. The largest absolute Gasteiger partial charge is 0.382 e. The molecule has 0 saturated carbocycles. The number of pyridine rings is 1. The first kappa shape index (κ1) is 17.8. The minimum atomic E-state index is -0.505. The third kappa shape index (κ3) is 3.35. The summed E-state index contributed by atoms with van der Waals surface area (Å²) >= 11 is 6.13. The minimum absolute atomic E-state index is 0.0352. The highest BCUT2D eigenvalue weighted by Crippen LogP contribution is 2.20. The fraction of sp³-hybridized carbons (Fsp3) is 0.111. The van der Waals surface area contributed by atoms with Crippen LogP contribution in [0.3, 0.4) is 0 Å². The topological polar surface area (TPSA) is 124 Å². The van der Waals surface area contributed by atoms with Gasteiger partial charge in [0.25, 0.3) is 5.91 Å². The molecule has 0 spiro atoms. The number of aromatic nitrogens is 6. The third-order valence-electron chi connectivity index (χ3n) is 4.10. The summed E-state index contributed by atoms with van der Waals surface area (Å²) in [5.41, 5.74) is 7.39. The smallest absolute Gasteiger partial charge is 0.274 e. The van der Waals surface area contributed by atoms with Gasteiger partial charge in [-0.25, -0.2) is 9.97 Å². The van der Waals surface area contributed by atoms with Gasteiger partial charge < -0.3 is 11.1 Å². The van der Waals surface area contributed by atoms with Crippen molar-refractivity contribution in [1.82, 2.24) is 35.3 Å². The second kappa shape index (κ2) is 7.20. The number of fused-ring (bicyclic) bond motifs is 1. The molecule has 0 aliphatic heterocycles. The molecule has 0 saturated heterocycles. The summed E-state index contributed by atoms with van der Waals surface area (Å²) in [4.78, 5) is 26.6. The summed E-state index contributed by atoms with van der Waals surface area (Å²) in [5.74, 6) is -0.438. The molecular formula is C18H15ClN8O. The molecule has 0 aliphatic rings. The summed E-state index contributed by atoms with van der Waals surface area (Å²) in [6.45, 7) is 1.82. The summed E-state index contributed by atoms with van der Waals surface area (Å²) in [5, 5.41) is 11.7. The Bertz CT molecular complexity index is 1160. The van der Waals surface area contributed by atoms with Crippen LogP contribution in [-0.2, 0) is 0 Å². The van der Waals surface area contributed by atoms with Gasteiger partial charge in [-0.3, -0.25) is 9.78 Å². The van der Waals surface area contributed by atoms with Gasteiger partial charge in [-0.05, 0) is 19.1 Å². The van der Waals surface area contributed by atoms with E-state index in [-0.39, 0.29) is 28.5 Å². The molecule has 3 N–H and O–H groups in total. The first-order chi connectivity index (χ1) is 13.5. The average molecular weight is 395 g/mol. The van der Waals surface area contributed by atoms with Crippen LogP contribution >= 0.6 is 11.6 Å². The van der Waals surface area contributed by atoms with Crippen molar-refractivity contribution in [2.75, 3.05) is 5.73 Å². The van der Waals surface area contributed by atoms with E-state index in [0.29, 0.717) is 5.69 Å². The van der Waals surface area contributed by atoms with Crippen molar-refractivity contribution in [1.29, 1.82) is 0 Å². The Morgan fingerprint density at radius 1 is 1.11 bits per heavy atom. The highest BCUT2D eigenvalue weighted by atomic mass is 35.5. The maximum atomic E-state index is 12.6. The number of hydrogen-bond acceptors (Lipinski definition) is 7. The fourth-order valence-corrected chi connectivity index (χ4v) is 2.90. The van der Waals surface area contributed by atoms with Gasteiger partial charge in [0.15, 0.2) is 16.7 Å². The summed E-state index contributed by atoms with van der Waals surface area (Å²) in [7, 11) is 0. The normalized spacial score (nSPS) is 12.1. The van der Waals surface area contributed by atoms with Crippen LogP contribution in [0, 0.1) is 0 Å². The standard InChI is InChI=1S/C18H15ClN8O/c1-10(12-7-6-11-4-2-3-5-13(11)24-12)23-18(28)14-16(20)26-17(15(19)25-14)27-21-8-9-22-27/h2-10H,1H3,(H2,20,26)(H,23,28). The predicted molar refractivity (Wildman–Crippen MR) is 104 cm³/mol. The molecular weight excluding hydrogens is 380 g/mol. The zero-order valence-electron chi connectivity index (χ0n) is 14.7. The molecule has 4 aromatic rings. The Balaban J connectivity index is 1.58. The highest BCUT2D eigenvalue weighted by Gasteiger charge is 2.21. The molecule has 1 atom stereocenters. The van der Waals surface area contributed by atoms with Crippen LogP contribution in [0.2, 0.25) is 5.15 Å². The van der Waals surface area contributed by atoms with E-state index in [1.165, 1.54) is 17.2 Å². The number of nitrogens with zero attached hydrogens (tertiary/aromatic N) is 6. The van der Waals surface area contributed by atoms with E-state index in [1.807, 2.05) is 43.3 Å². The van der Waals surface area contributed by atoms with E-state index in [4.69, 9.17) is 17.3 Å². The molecule has 3 heterocycles. The molecule has 1 amide bonds. The number of carbonyl (C=O) groups excluding carboxylic acids is 1. The highest BCUT2D eigenvalue weighted by molar-refractivity contribution is 6.31. The quantitative estimate of drug-likeness (QED) is 0.544. The molecule has 1 aromatic carbocycles. The van der Waals surface area contributed by atoms with Gasteiger partial charge in [0.1, 0.15) is 0 Å². The lowest BCUT2D eigenvalue weighted by Gasteiger charge is -2.15. The van der Waals surface area contributed by atoms with E-state index >= 15 is 0 Å². The molecule has 0 aliphatic carbocycles. The van der Waals surface area contributed by atoms with Crippen molar-refractivity contribution in [2.24, 2.45) is 0 Å². The lowest BCUT2D eigenvalue weighted by Crippen LogP contribution is -2.29. The van der Waals surface area contributed by atoms with Crippen molar-refractivity contribution in [2.45, 2.75) is 13.0 Å². The number of rotatable bonds is 4. The van der Waals surface area contributed by atoms with Crippen molar-refractivity contribution in [3.63, 3.8) is 0 Å². The zero-order valence-corrected chi connectivity index (χ0v) is 15.5. The number of carbonyl (C=O) groups is 1. The number of benzene rings is 1. The Morgan fingerprint density at radius 3 is 2.64 bits per heavy atom. The van der Waals surface area contributed by atoms with Gasteiger partial charge in [-0.2, -0.15) is 10.2 Å². The van der Waals surface area contributed by atoms with Crippen LogP contribution in [0.25, 0.3) is 16.7 Å². The summed E-state index contributed by atoms with van der Waals surface area (Å²) in [6.07, 6.45) is 2.93. The molecule has 0 radical (unpaired) electrons. The molecule has 28 heavy (non-hydrogen) atoms. The lowest BCUT2D eigenvalue weighted by atomic mass is 10.1. The number of hydrogen-bond donors (Lipinski definition) is 2.